The molecule has 19 heavy (non-hydrogen) atoms. The van der Waals surface area contributed by atoms with Gasteiger partial charge in [0, 0.05) is 23.6 Å². The molecule has 2 N–H and O–H groups in total. The minimum Gasteiger partial charge on any atom is -0.324 e. The van der Waals surface area contributed by atoms with Crippen molar-refractivity contribution in [2.75, 3.05) is 0 Å². The molecular formula is C17H20N2. The molecule has 0 amide bonds. The van der Waals surface area contributed by atoms with E-state index < -0.39 is 0 Å². The van der Waals surface area contributed by atoms with E-state index in [1.54, 1.807) is 11.1 Å². The lowest BCUT2D eigenvalue weighted by molar-refractivity contribution is 0.560. The molecule has 0 fully saturated rings. The molecule has 2 aliphatic rings. The lowest BCUT2D eigenvalue weighted by Gasteiger charge is -2.21. The molecule has 0 aliphatic heterocycles. The van der Waals surface area contributed by atoms with Crippen LogP contribution in [-0.2, 0) is 19.3 Å². The molecule has 2 nitrogen and oxygen atoms in total. The fraction of sp³-hybridized carbons (Fsp3) is 0.412. The van der Waals surface area contributed by atoms with Gasteiger partial charge in [-0.1, -0.05) is 6.07 Å². The topological polar surface area (TPSA) is 30.9 Å². The summed E-state index contributed by atoms with van der Waals surface area (Å²) in [7, 11) is 0. The van der Waals surface area contributed by atoms with Crippen LogP contribution in [0.15, 0.2) is 30.5 Å². The van der Waals surface area contributed by atoms with Crippen LogP contribution in [0.4, 0.5) is 0 Å². The molecule has 98 valence electrons. The summed E-state index contributed by atoms with van der Waals surface area (Å²) in [6.07, 6.45) is 9.51. The minimum atomic E-state index is 0.236. The van der Waals surface area contributed by atoms with E-state index >= 15 is 0 Å². The van der Waals surface area contributed by atoms with E-state index in [1.165, 1.54) is 42.6 Å². The van der Waals surface area contributed by atoms with Gasteiger partial charge in [-0.3, -0.25) is 0 Å². The molecule has 0 bridgehead atoms. The zero-order valence-electron chi connectivity index (χ0n) is 11.2. The Kier molecular flexibility index (Phi) is 2.52. The molecule has 0 saturated carbocycles. The summed E-state index contributed by atoms with van der Waals surface area (Å²) in [6, 6.07) is 9.41. The van der Waals surface area contributed by atoms with Crippen molar-refractivity contribution in [1.82, 2.24) is 4.57 Å². The molecule has 1 unspecified atom stereocenters. The molecular weight excluding hydrogens is 232 g/mol. The maximum absolute atomic E-state index is 6.21. The first kappa shape index (κ1) is 11.3. The smallest absolute Gasteiger partial charge is 0.0455 e. The normalized spacial score (nSPS) is 21.2. The lowest BCUT2D eigenvalue weighted by Crippen LogP contribution is -2.17. The predicted octanol–water partition coefficient (Wildman–Crippen LogP) is 3.30. The molecule has 1 heterocycles. The van der Waals surface area contributed by atoms with Gasteiger partial charge in [-0.05, 0) is 73.4 Å². The van der Waals surface area contributed by atoms with Gasteiger partial charge >= 0.3 is 0 Å². The molecule has 1 atom stereocenters. The molecule has 0 spiro atoms. The summed E-state index contributed by atoms with van der Waals surface area (Å²) in [5.41, 5.74) is 13.4. The maximum Gasteiger partial charge on any atom is 0.0455 e. The molecule has 0 radical (unpaired) electrons. The average molecular weight is 252 g/mol. The Hall–Kier alpha value is -1.54. The third kappa shape index (κ3) is 1.74. The Morgan fingerprint density at radius 2 is 1.89 bits per heavy atom. The largest absolute Gasteiger partial charge is 0.324 e. The Bertz CT molecular complexity index is 624. The second-order valence-corrected chi connectivity index (χ2v) is 5.89. The molecule has 2 aromatic rings. The summed E-state index contributed by atoms with van der Waals surface area (Å²) < 4.78 is 2.35. The van der Waals surface area contributed by atoms with Gasteiger partial charge in [0.25, 0.3) is 0 Å². The highest BCUT2D eigenvalue weighted by molar-refractivity contribution is 5.46. The first-order chi connectivity index (χ1) is 9.33. The van der Waals surface area contributed by atoms with E-state index in [1.807, 2.05) is 0 Å². The van der Waals surface area contributed by atoms with E-state index in [-0.39, 0.29) is 6.04 Å². The summed E-state index contributed by atoms with van der Waals surface area (Å²) in [5, 5.41) is 0. The van der Waals surface area contributed by atoms with Gasteiger partial charge in [0.2, 0.25) is 0 Å². The van der Waals surface area contributed by atoms with Crippen molar-refractivity contribution in [1.29, 1.82) is 0 Å². The average Bonchev–Trinajstić information content (AvgIpc) is 3.04. The highest BCUT2D eigenvalue weighted by Gasteiger charge is 2.21. The maximum atomic E-state index is 6.21. The Morgan fingerprint density at radius 1 is 1.00 bits per heavy atom. The van der Waals surface area contributed by atoms with Crippen molar-refractivity contribution in [3.63, 3.8) is 0 Å². The van der Waals surface area contributed by atoms with Crippen molar-refractivity contribution in [3.8, 4) is 5.69 Å². The molecule has 4 rings (SSSR count). The fourth-order valence-electron chi connectivity index (χ4n) is 3.68. The van der Waals surface area contributed by atoms with Crippen LogP contribution in [0, 0.1) is 0 Å². The van der Waals surface area contributed by atoms with E-state index in [2.05, 4.69) is 35.0 Å². The summed E-state index contributed by atoms with van der Waals surface area (Å²) >= 11 is 0. The fourth-order valence-corrected chi connectivity index (χ4v) is 3.68. The van der Waals surface area contributed by atoms with Gasteiger partial charge in [0.15, 0.2) is 0 Å². The van der Waals surface area contributed by atoms with Gasteiger partial charge in [0.05, 0.1) is 0 Å². The zero-order chi connectivity index (χ0) is 12.8. The number of hydrogen-bond donors (Lipinski definition) is 1. The number of fused-ring (bicyclic) bond motifs is 2. The highest BCUT2D eigenvalue weighted by Crippen LogP contribution is 2.32. The Morgan fingerprint density at radius 3 is 2.84 bits per heavy atom. The van der Waals surface area contributed by atoms with Crippen molar-refractivity contribution in [3.05, 3.63) is 52.8 Å². The van der Waals surface area contributed by atoms with Crippen LogP contribution in [0.1, 0.15) is 47.7 Å². The quantitative estimate of drug-likeness (QED) is 0.829. The van der Waals surface area contributed by atoms with E-state index in [4.69, 9.17) is 5.73 Å². The number of nitrogens with zero attached hydrogens (tertiary/aromatic N) is 1. The molecule has 2 aliphatic carbocycles. The van der Waals surface area contributed by atoms with Crippen molar-refractivity contribution in [2.24, 2.45) is 5.73 Å². The third-order valence-electron chi connectivity index (χ3n) is 4.72. The third-order valence-corrected chi connectivity index (χ3v) is 4.72. The predicted molar refractivity (Wildman–Crippen MR) is 77.7 cm³/mol. The van der Waals surface area contributed by atoms with Crippen LogP contribution >= 0.6 is 0 Å². The van der Waals surface area contributed by atoms with Gasteiger partial charge < -0.3 is 10.3 Å². The van der Waals surface area contributed by atoms with Crippen LogP contribution in [-0.4, -0.2) is 4.57 Å². The van der Waals surface area contributed by atoms with Crippen LogP contribution in [0.2, 0.25) is 0 Å². The number of benzene rings is 1. The van der Waals surface area contributed by atoms with Gasteiger partial charge in [-0.2, -0.15) is 0 Å². The second-order valence-electron chi connectivity index (χ2n) is 5.89. The minimum absolute atomic E-state index is 0.236. The SMILES string of the molecule is NC1CCCc2c1ccn2-c1ccc2c(c1)CCC2. The van der Waals surface area contributed by atoms with Gasteiger partial charge in [-0.25, -0.2) is 0 Å². The summed E-state index contributed by atoms with van der Waals surface area (Å²) in [5.74, 6) is 0. The van der Waals surface area contributed by atoms with Crippen molar-refractivity contribution in [2.45, 2.75) is 44.6 Å². The molecule has 1 aromatic carbocycles. The van der Waals surface area contributed by atoms with E-state index in [0.29, 0.717) is 0 Å². The Labute approximate surface area is 114 Å². The monoisotopic (exact) mass is 252 g/mol. The van der Waals surface area contributed by atoms with Crippen LogP contribution in [0.5, 0.6) is 0 Å². The number of rotatable bonds is 1. The molecule has 2 heteroatoms. The number of nitrogens with two attached hydrogens (primary N) is 1. The van der Waals surface area contributed by atoms with Crippen LogP contribution in [0.3, 0.4) is 0 Å². The second kappa shape index (κ2) is 4.24. The van der Waals surface area contributed by atoms with E-state index in [9.17, 15) is 0 Å². The zero-order valence-corrected chi connectivity index (χ0v) is 11.2. The van der Waals surface area contributed by atoms with Gasteiger partial charge in [-0.15, -0.1) is 0 Å². The number of aryl methyl sites for hydroxylation is 2. The lowest BCUT2D eigenvalue weighted by atomic mass is 9.93. The van der Waals surface area contributed by atoms with Crippen LogP contribution in [0.25, 0.3) is 5.69 Å². The van der Waals surface area contributed by atoms with Crippen molar-refractivity contribution >= 4 is 0 Å². The van der Waals surface area contributed by atoms with Gasteiger partial charge in [0.1, 0.15) is 0 Å². The highest BCUT2D eigenvalue weighted by atomic mass is 15.0. The number of hydrogen-bond acceptors (Lipinski definition) is 1. The molecule has 1 aromatic heterocycles. The molecule has 0 saturated heterocycles. The van der Waals surface area contributed by atoms with E-state index in [0.717, 1.165) is 12.8 Å². The summed E-state index contributed by atoms with van der Waals surface area (Å²) in [4.78, 5) is 0. The first-order valence-corrected chi connectivity index (χ1v) is 7.41. The standard InChI is InChI=1S/C17H20N2/c18-16-5-2-6-17-15(16)9-10-19(17)14-8-7-12-3-1-4-13(12)11-14/h7-11,16H,1-6,18H2. The number of aromatic nitrogens is 1. The summed E-state index contributed by atoms with van der Waals surface area (Å²) in [6.45, 7) is 0. The first-order valence-electron chi connectivity index (χ1n) is 7.41. The van der Waals surface area contributed by atoms with Crippen LogP contribution < -0.4 is 5.73 Å². The Balaban J connectivity index is 1.81. The van der Waals surface area contributed by atoms with Crippen molar-refractivity contribution < 1.29 is 0 Å².